The number of aromatic nitrogens is 1. The van der Waals surface area contributed by atoms with Crippen LogP contribution in [0.5, 0.6) is 0 Å². The van der Waals surface area contributed by atoms with E-state index in [9.17, 15) is 0 Å². The minimum absolute atomic E-state index is 0.370. The Labute approximate surface area is 130 Å². The van der Waals surface area contributed by atoms with Crippen molar-refractivity contribution >= 4 is 27.8 Å². The van der Waals surface area contributed by atoms with Crippen molar-refractivity contribution < 1.29 is 4.42 Å². The van der Waals surface area contributed by atoms with Crippen molar-refractivity contribution in [2.45, 2.75) is 34.1 Å². The van der Waals surface area contributed by atoms with Gasteiger partial charge in [0.05, 0.1) is 5.69 Å². The monoisotopic (exact) mass is 294 g/mol. The number of benzene rings is 1. The summed E-state index contributed by atoms with van der Waals surface area (Å²) in [6, 6.07) is 8.54. The van der Waals surface area contributed by atoms with Crippen molar-refractivity contribution in [2.75, 3.05) is 18.0 Å². The Morgan fingerprint density at radius 3 is 2.59 bits per heavy atom. The number of aryl methyl sites for hydroxylation is 2. The highest BCUT2D eigenvalue weighted by atomic mass is 16.3. The molecule has 0 unspecified atom stereocenters. The van der Waals surface area contributed by atoms with Gasteiger partial charge in [-0.1, -0.05) is 26.0 Å². The average Bonchev–Trinajstić information content (AvgIpc) is 2.97. The van der Waals surface area contributed by atoms with E-state index in [1.807, 2.05) is 6.92 Å². The second-order valence-corrected chi connectivity index (χ2v) is 7.35. The summed E-state index contributed by atoms with van der Waals surface area (Å²) in [5, 5.41) is 2.29. The zero-order valence-corrected chi connectivity index (χ0v) is 13.7. The van der Waals surface area contributed by atoms with E-state index < -0.39 is 0 Å². The van der Waals surface area contributed by atoms with Crippen LogP contribution in [0.1, 0.15) is 31.5 Å². The summed E-state index contributed by atoms with van der Waals surface area (Å²) in [5.41, 5.74) is 5.63. The molecule has 0 aliphatic carbocycles. The van der Waals surface area contributed by atoms with Crippen molar-refractivity contribution in [3.05, 3.63) is 35.5 Å². The molecule has 3 nitrogen and oxygen atoms in total. The number of nitrogens with zero attached hydrogens (tertiary/aromatic N) is 2. The van der Waals surface area contributed by atoms with E-state index in [0.29, 0.717) is 5.41 Å². The summed E-state index contributed by atoms with van der Waals surface area (Å²) in [7, 11) is 0. The zero-order chi connectivity index (χ0) is 15.5. The molecule has 0 saturated carbocycles. The van der Waals surface area contributed by atoms with Gasteiger partial charge >= 0.3 is 0 Å². The number of furan rings is 1. The summed E-state index contributed by atoms with van der Waals surface area (Å²) in [6.45, 7) is 11.0. The molecule has 0 amide bonds. The van der Waals surface area contributed by atoms with Gasteiger partial charge in [0.25, 0.3) is 0 Å². The Bertz CT molecular complexity index is 876. The molecule has 2 aromatic heterocycles. The molecule has 3 heterocycles. The van der Waals surface area contributed by atoms with Crippen LogP contribution in [0.15, 0.2) is 28.7 Å². The minimum atomic E-state index is 0.370. The Hall–Kier alpha value is -2.03. The number of rotatable bonds is 1. The second kappa shape index (κ2) is 4.48. The van der Waals surface area contributed by atoms with Gasteiger partial charge in [0.15, 0.2) is 5.58 Å². The maximum Gasteiger partial charge on any atom is 0.227 e. The van der Waals surface area contributed by atoms with E-state index in [-0.39, 0.29) is 0 Å². The predicted molar refractivity (Wildman–Crippen MR) is 91.6 cm³/mol. The Kier molecular flexibility index (Phi) is 2.77. The Morgan fingerprint density at radius 2 is 1.86 bits per heavy atom. The van der Waals surface area contributed by atoms with Crippen LogP contribution in [0.4, 0.5) is 5.69 Å². The molecule has 0 spiro atoms. The van der Waals surface area contributed by atoms with Gasteiger partial charge in [0, 0.05) is 29.6 Å². The van der Waals surface area contributed by atoms with Gasteiger partial charge in [-0.05, 0) is 43.4 Å². The lowest BCUT2D eigenvalue weighted by atomic mass is 9.93. The van der Waals surface area contributed by atoms with Crippen LogP contribution in [0, 0.1) is 19.3 Å². The molecular formula is C19H22N2O. The molecule has 4 rings (SSSR count). The molecule has 0 bridgehead atoms. The first-order valence-electron chi connectivity index (χ1n) is 7.99. The summed E-state index contributed by atoms with van der Waals surface area (Å²) in [5.74, 6) is 0. The first-order chi connectivity index (χ1) is 10.4. The lowest BCUT2D eigenvalue weighted by molar-refractivity contribution is 0.418. The topological polar surface area (TPSA) is 29.3 Å². The number of hydrogen-bond donors (Lipinski definition) is 0. The molecule has 22 heavy (non-hydrogen) atoms. The Balaban J connectivity index is 1.97. The summed E-state index contributed by atoms with van der Waals surface area (Å²) in [4.78, 5) is 7.03. The largest absolute Gasteiger partial charge is 0.436 e. The van der Waals surface area contributed by atoms with Crippen LogP contribution in [0.2, 0.25) is 0 Å². The number of anilines is 1. The minimum Gasteiger partial charge on any atom is -0.436 e. The lowest BCUT2D eigenvalue weighted by Gasteiger charge is -2.23. The van der Waals surface area contributed by atoms with Crippen molar-refractivity contribution in [2.24, 2.45) is 5.41 Å². The third-order valence-corrected chi connectivity index (χ3v) is 4.82. The fraction of sp³-hybridized carbons (Fsp3) is 0.421. The lowest BCUT2D eigenvalue weighted by Crippen LogP contribution is -2.23. The van der Waals surface area contributed by atoms with E-state index in [1.165, 1.54) is 23.1 Å². The molecule has 1 fully saturated rings. The first-order valence-corrected chi connectivity index (χ1v) is 7.99. The van der Waals surface area contributed by atoms with Gasteiger partial charge < -0.3 is 9.32 Å². The van der Waals surface area contributed by atoms with Crippen molar-refractivity contribution in [3.8, 4) is 0 Å². The van der Waals surface area contributed by atoms with Crippen LogP contribution in [-0.4, -0.2) is 18.1 Å². The van der Waals surface area contributed by atoms with Gasteiger partial charge in [-0.25, -0.2) is 4.98 Å². The first kappa shape index (κ1) is 13.6. The predicted octanol–water partition coefficient (Wildman–Crippen LogP) is 4.83. The molecule has 1 aliphatic heterocycles. The summed E-state index contributed by atoms with van der Waals surface area (Å²) in [6.07, 6.45) is 1.22. The molecule has 0 atom stereocenters. The number of pyridine rings is 1. The molecule has 0 N–H and O–H groups in total. The molecule has 1 aliphatic rings. The molecule has 1 aromatic carbocycles. The Morgan fingerprint density at radius 1 is 1.09 bits per heavy atom. The molecule has 3 heteroatoms. The van der Waals surface area contributed by atoms with Crippen LogP contribution in [0.25, 0.3) is 22.1 Å². The average molecular weight is 294 g/mol. The third-order valence-electron chi connectivity index (χ3n) is 4.82. The van der Waals surface area contributed by atoms with Crippen LogP contribution >= 0.6 is 0 Å². The third kappa shape index (κ3) is 1.99. The highest BCUT2D eigenvalue weighted by Gasteiger charge is 2.31. The highest BCUT2D eigenvalue weighted by Crippen LogP contribution is 2.40. The van der Waals surface area contributed by atoms with Crippen molar-refractivity contribution in [1.82, 2.24) is 4.98 Å². The van der Waals surface area contributed by atoms with Gasteiger partial charge in [-0.3, -0.25) is 0 Å². The second-order valence-electron chi connectivity index (χ2n) is 7.35. The maximum absolute atomic E-state index is 6.17. The summed E-state index contributed by atoms with van der Waals surface area (Å²) >= 11 is 0. The van der Waals surface area contributed by atoms with Gasteiger partial charge in [-0.15, -0.1) is 0 Å². The van der Waals surface area contributed by atoms with Gasteiger partial charge in [-0.2, -0.15) is 0 Å². The highest BCUT2D eigenvalue weighted by molar-refractivity contribution is 6.08. The van der Waals surface area contributed by atoms with E-state index in [0.717, 1.165) is 35.5 Å². The maximum atomic E-state index is 6.17. The summed E-state index contributed by atoms with van der Waals surface area (Å²) < 4.78 is 6.17. The van der Waals surface area contributed by atoms with Crippen molar-refractivity contribution in [1.29, 1.82) is 0 Å². The van der Waals surface area contributed by atoms with E-state index >= 15 is 0 Å². The van der Waals surface area contributed by atoms with E-state index in [1.54, 1.807) is 0 Å². The molecule has 1 saturated heterocycles. The number of fused-ring (bicyclic) bond motifs is 3. The SMILES string of the molecule is Cc1ccc2c(n1)oc1c(N3CCC(C)(C)C3)c(C)ccc12. The molecule has 114 valence electrons. The quantitative estimate of drug-likeness (QED) is 0.643. The van der Waals surface area contributed by atoms with Crippen LogP contribution in [-0.2, 0) is 0 Å². The van der Waals surface area contributed by atoms with E-state index in [2.05, 4.69) is 54.9 Å². The van der Waals surface area contributed by atoms with Crippen LogP contribution in [0.3, 0.4) is 0 Å². The van der Waals surface area contributed by atoms with Gasteiger partial charge in [0.1, 0.15) is 0 Å². The molecule has 3 aromatic rings. The van der Waals surface area contributed by atoms with Crippen molar-refractivity contribution in [3.63, 3.8) is 0 Å². The fourth-order valence-electron chi connectivity index (χ4n) is 3.59. The smallest absolute Gasteiger partial charge is 0.227 e. The molecular weight excluding hydrogens is 272 g/mol. The normalized spacial score (nSPS) is 17.7. The van der Waals surface area contributed by atoms with E-state index in [4.69, 9.17) is 4.42 Å². The molecule has 0 radical (unpaired) electrons. The van der Waals surface area contributed by atoms with Gasteiger partial charge in [0.2, 0.25) is 5.71 Å². The fourth-order valence-corrected chi connectivity index (χ4v) is 3.59. The standard InChI is InChI=1S/C19H22N2O/c1-12-5-7-14-15-8-6-13(2)20-18(15)22-17(14)16(12)21-10-9-19(3,4)11-21/h5-8H,9-11H2,1-4H3. The van der Waals surface area contributed by atoms with Crippen LogP contribution < -0.4 is 4.90 Å². The zero-order valence-electron chi connectivity index (χ0n) is 13.7. The number of hydrogen-bond acceptors (Lipinski definition) is 3.